The van der Waals surface area contributed by atoms with E-state index in [9.17, 15) is 0 Å². The lowest BCUT2D eigenvalue weighted by Crippen LogP contribution is -2.30. The van der Waals surface area contributed by atoms with Crippen molar-refractivity contribution in [3.8, 4) is 0 Å². The number of hydrogen-bond donors (Lipinski definition) is 1. The van der Waals surface area contributed by atoms with Gasteiger partial charge in [-0.25, -0.2) is 4.98 Å². The van der Waals surface area contributed by atoms with E-state index in [1.165, 1.54) is 25.7 Å². The summed E-state index contributed by atoms with van der Waals surface area (Å²) in [6.45, 7) is 10.1. The van der Waals surface area contributed by atoms with E-state index in [-0.39, 0.29) is 0 Å². The molecule has 2 rings (SSSR count). The molecule has 3 heteroatoms. The molecule has 3 nitrogen and oxygen atoms in total. The fourth-order valence-corrected chi connectivity index (χ4v) is 2.80. The Bertz CT molecular complexity index is 382. The maximum Gasteiger partial charge on any atom is 0.203 e. The van der Waals surface area contributed by atoms with E-state index in [1.807, 2.05) is 0 Å². The topological polar surface area (TPSA) is 29.9 Å². The fourth-order valence-electron chi connectivity index (χ4n) is 2.80. The lowest BCUT2D eigenvalue weighted by Gasteiger charge is -2.34. The van der Waals surface area contributed by atoms with Gasteiger partial charge in [-0.3, -0.25) is 0 Å². The molecule has 0 aromatic carbocycles. The number of anilines is 1. The van der Waals surface area contributed by atoms with Crippen LogP contribution in [-0.4, -0.2) is 15.6 Å². The van der Waals surface area contributed by atoms with Gasteiger partial charge >= 0.3 is 0 Å². The average Bonchev–Trinajstić information content (AvgIpc) is 2.63. The van der Waals surface area contributed by atoms with Gasteiger partial charge in [-0.1, -0.05) is 20.8 Å². The Morgan fingerprint density at radius 2 is 2.06 bits per heavy atom. The van der Waals surface area contributed by atoms with Crippen LogP contribution in [0.3, 0.4) is 0 Å². The minimum Gasteiger partial charge on any atom is -0.353 e. The van der Waals surface area contributed by atoms with Crippen LogP contribution in [0.4, 0.5) is 5.95 Å². The van der Waals surface area contributed by atoms with Gasteiger partial charge in [-0.05, 0) is 44.4 Å². The van der Waals surface area contributed by atoms with Gasteiger partial charge < -0.3 is 9.88 Å². The number of nitrogens with one attached hydrogen (secondary N) is 1. The van der Waals surface area contributed by atoms with Crippen LogP contribution in [0.2, 0.25) is 0 Å². The molecule has 0 aliphatic heterocycles. The number of hydrogen-bond acceptors (Lipinski definition) is 2. The smallest absolute Gasteiger partial charge is 0.203 e. The van der Waals surface area contributed by atoms with Crippen LogP contribution in [0.25, 0.3) is 0 Å². The number of aryl methyl sites for hydroxylation is 2. The van der Waals surface area contributed by atoms with Crippen LogP contribution in [0.1, 0.15) is 58.6 Å². The summed E-state index contributed by atoms with van der Waals surface area (Å²) in [4.78, 5) is 4.61. The number of nitrogens with zero attached hydrogens (tertiary/aromatic N) is 2. The molecule has 102 valence electrons. The highest BCUT2D eigenvalue weighted by Crippen LogP contribution is 2.35. The summed E-state index contributed by atoms with van der Waals surface area (Å²) < 4.78 is 2.26. The van der Waals surface area contributed by atoms with Crippen molar-refractivity contribution < 1.29 is 0 Å². The van der Waals surface area contributed by atoms with Crippen LogP contribution >= 0.6 is 0 Å². The Morgan fingerprint density at radius 1 is 1.39 bits per heavy atom. The zero-order chi connectivity index (χ0) is 13.2. The molecule has 1 fully saturated rings. The monoisotopic (exact) mass is 249 g/mol. The van der Waals surface area contributed by atoms with Crippen molar-refractivity contribution in [2.24, 2.45) is 5.41 Å². The van der Waals surface area contributed by atoms with Gasteiger partial charge in [0, 0.05) is 18.8 Å². The number of imidazole rings is 1. The number of aromatic nitrogens is 2. The first-order valence-corrected chi connectivity index (χ1v) is 7.30. The van der Waals surface area contributed by atoms with Crippen molar-refractivity contribution in [2.75, 3.05) is 5.32 Å². The Morgan fingerprint density at radius 3 is 2.67 bits per heavy atom. The molecule has 18 heavy (non-hydrogen) atoms. The summed E-state index contributed by atoms with van der Waals surface area (Å²) in [5.41, 5.74) is 1.65. The summed E-state index contributed by atoms with van der Waals surface area (Å²) in [6.07, 6.45) is 8.48. The van der Waals surface area contributed by atoms with E-state index < -0.39 is 0 Å². The van der Waals surface area contributed by atoms with E-state index in [0.717, 1.165) is 24.6 Å². The Labute approximate surface area is 111 Å². The Hall–Kier alpha value is -0.990. The van der Waals surface area contributed by atoms with Crippen molar-refractivity contribution in [1.82, 2.24) is 9.55 Å². The third kappa shape index (κ3) is 3.27. The Balaban J connectivity index is 1.97. The zero-order valence-corrected chi connectivity index (χ0v) is 12.3. The maximum absolute atomic E-state index is 4.61. The average molecular weight is 249 g/mol. The zero-order valence-electron chi connectivity index (χ0n) is 12.3. The maximum atomic E-state index is 4.61. The SMILES string of the molecule is CCCn1cc(C)nc1NC1CCC(C)(C)CC1. The molecule has 1 saturated carbocycles. The molecule has 0 spiro atoms. The summed E-state index contributed by atoms with van der Waals surface area (Å²) >= 11 is 0. The first kappa shape index (κ1) is 13.4. The molecule has 1 aliphatic rings. The second-order valence-electron chi connectivity index (χ2n) is 6.48. The quantitative estimate of drug-likeness (QED) is 0.874. The highest BCUT2D eigenvalue weighted by molar-refractivity contribution is 5.30. The lowest BCUT2D eigenvalue weighted by molar-refractivity contribution is 0.232. The van der Waals surface area contributed by atoms with Crippen molar-refractivity contribution in [1.29, 1.82) is 0 Å². The van der Waals surface area contributed by atoms with Gasteiger partial charge in [-0.2, -0.15) is 0 Å². The number of rotatable bonds is 4. The predicted octanol–water partition coefficient (Wildman–Crippen LogP) is 3.98. The van der Waals surface area contributed by atoms with Crippen molar-refractivity contribution >= 4 is 5.95 Å². The van der Waals surface area contributed by atoms with E-state index in [0.29, 0.717) is 11.5 Å². The predicted molar refractivity (Wildman–Crippen MR) is 76.9 cm³/mol. The van der Waals surface area contributed by atoms with Crippen molar-refractivity contribution in [2.45, 2.75) is 72.4 Å². The van der Waals surface area contributed by atoms with Gasteiger partial charge in [-0.15, -0.1) is 0 Å². The van der Waals surface area contributed by atoms with E-state index >= 15 is 0 Å². The van der Waals surface area contributed by atoms with E-state index in [1.54, 1.807) is 0 Å². The van der Waals surface area contributed by atoms with Gasteiger partial charge in [0.1, 0.15) is 0 Å². The fraction of sp³-hybridized carbons (Fsp3) is 0.800. The summed E-state index contributed by atoms with van der Waals surface area (Å²) in [5, 5.41) is 3.64. The van der Waals surface area contributed by atoms with E-state index in [4.69, 9.17) is 0 Å². The molecule has 1 N–H and O–H groups in total. The van der Waals surface area contributed by atoms with Crippen LogP contribution < -0.4 is 5.32 Å². The highest BCUT2D eigenvalue weighted by atomic mass is 15.2. The van der Waals surface area contributed by atoms with Crippen LogP contribution in [0, 0.1) is 12.3 Å². The minimum atomic E-state index is 0.535. The summed E-state index contributed by atoms with van der Waals surface area (Å²) in [7, 11) is 0. The molecular formula is C15H27N3. The first-order valence-electron chi connectivity index (χ1n) is 7.30. The normalized spacial score (nSPS) is 20.0. The first-order chi connectivity index (χ1) is 8.50. The second kappa shape index (κ2) is 5.33. The Kier molecular flexibility index (Phi) is 3.98. The van der Waals surface area contributed by atoms with Crippen molar-refractivity contribution in [3.63, 3.8) is 0 Å². The molecule has 1 heterocycles. The summed E-state index contributed by atoms with van der Waals surface area (Å²) in [6, 6.07) is 0.607. The molecule has 0 radical (unpaired) electrons. The third-order valence-corrected chi connectivity index (χ3v) is 4.03. The third-order valence-electron chi connectivity index (χ3n) is 4.03. The van der Waals surface area contributed by atoms with Gasteiger partial charge in [0.25, 0.3) is 0 Å². The van der Waals surface area contributed by atoms with Gasteiger partial charge in [0.2, 0.25) is 5.95 Å². The van der Waals surface area contributed by atoms with Gasteiger partial charge in [0.05, 0.1) is 5.69 Å². The lowest BCUT2D eigenvalue weighted by atomic mass is 9.76. The van der Waals surface area contributed by atoms with Crippen LogP contribution in [0.5, 0.6) is 0 Å². The molecule has 0 amide bonds. The molecule has 0 unspecified atom stereocenters. The van der Waals surface area contributed by atoms with Crippen LogP contribution in [-0.2, 0) is 6.54 Å². The molecule has 0 saturated heterocycles. The van der Waals surface area contributed by atoms with Crippen molar-refractivity contribution in [3.05, 3.63) is 11.9 Å². The minimum absolute atomic E-state index is 0.535. The standard InChI is InChI=1S/C15H27N3/c1-5-10-18-11-12(2)16-14(18)17-13-6-8-15(3,4)9-7-13/h11,13H,5-10H2,1-4H3,(H,16,17). The molecular weight excluding hydrogens is 222 g/mol. The molecule has 1 aromatic heterocycles. The second-order valence-corrected chi connectivity index (χ2v) is 6.48. The molecule has 1 aliphatic carbocycles. The van der Waals surface area contributed by atoms with Crippen LogP contribution in [0.15, 0.2) is 6.20 Å². The molecule has 0 bridgehead atoms. The summed E-state index contributed by atoms with van der Waals surface area (Å²) in [5.74, 6) is 1.07. The molecule has 0 atom stereocenters. The largest absolute Gasteiger partial charge is 0.353 e. The molecule has 1 aromatic rings. The highest BCUT2D eigenvalue weighted by Gasteiger charge is 2.27. The van der Waals surface area contributed by atoms with Gasteiger partial charge in [0.15, 0.2) is 0 Å². The van der Waals surface area contributed by atoms with E-state index in [2.05, 4.69) is 48.8 Å².